The number of aromatic amines is 1. The largest absolute Gasteiger partial charge is 0.382 e. The van der Waals surface area contributed by atoms with Crippen molar-refractivity contribution in [2.45, 2.75) is 18.9 Å². The zero-order valence-corrected chi connectivity index (χ0v) is 17.1. The first-order chi connectivity index (χ1) is 15.7. The van der Waals surface area contributed by atoms with Gasteiger partial charge >= 0.3 is 0 Å². The van der Waals surface area contributed by atoms with Crippen LogP contribution < -0.4 is 11.1 Å². The number of halogens is 1. The Kier molecular flexibility index (Phi) is 4.32. The topological polar surface area (TPSA) is 123 Å². The molecule has 0 radical (unpaired) electrons. The van der Waals surface area contributed by atoms with E-state index in [2.05, 4.69) is 35.5 Å². The Morgan fingerprint density at radius 1 is 1.06 bits per heavy atom. The van der Waals surface area contributed by atoms with Gasteiger partial charge in [0.05, 0.1) is 16.7 Å². The van der Waals surface area contributed by atoms with Gasteiger partial charge in [-0.05, 0) is 50.2 Å². The minimum atomic E-state index is -0.410. The molecule has 0 aliphatic carbocycles. The minimum Gasteiger partial charge on any atom is -0.382 e. The molecule has 6 rings (SSSR count). The lowest BCUT2D eigenvalue weighted by atomic mass is 10.1. The van der Waals surface area contributed by atoms with Crippen LogP contribution in [0.15, 0.2) is 42.9 Å². The molecule has 0 amide bonds. The van der Waals surface area contributed by atoms with Crippen molar-refractivity contribution in [2.24, 2.45) is 0 Å². The summed E-state index contributed by atoms with van der Waals surface area (Å²) in [4.78, 5) is 17.8. The van der Waals surface area contributed by atoms with Crippen molar-refractivity contribution in [3.8, 4) is 22.6 Å². The van der Waals surface area contributed by atoms with Crippen molar-refractivity contribution in [3.05, 3.63) is 48.7 Å². The highest BCUT2D eigenvalue weighted by Gasteiger charge is 2.23. The third kappa shape index (κ3) is 2.99. The number of hydrogen-bond acceptors (Lipinski definition) is 7. The Morgan fingerprint density at radius 2 is 1.94 bits per heavy atom. The van der Waals surface area contributed by atoms with Crippen molar-refractivity contribution >= 4 is 28.0 Å². The first kappa shape index (κ1) is 18.8. The number of fused-ring (bicyclic) bond motifs is 2. The number of nitrogens with two attached hydrogens (primary N) is 1. The minimum absolute atomic E-state index is 0.173. The highest BCUT2D eigenvalue weighted by molar-refractivity contribution is 5.91. The van der Waals surface area contributed by atoms with Crippen LogP contribution in [0, 0.1) is 5.82 Å². The van der Waals surface area contributed by atoms with E-state index in [1.165, 1.54) is 6.20 Å². The molecule has 1 saturated heterocycles. The first-order valence-electron chi connectivity index (χ1n) is 10.5. The van der Waals surface area contributed by atoms with Crippen molar-refractivity contribution < 1.29 is 4.39 Å². The van der Waals surface area contributed by atoms with Crippen molar-refractivity contribution in [3.63, 3.8) is 0 Å². The molecule has 1 fully saturated rings. The van der Waals surface area contributed by atoms with Crippen LogP contribution in [0.1, 0.15) is 18.9 Å². The molecule has 6 heterocycles. The van der Waals surface area contributed by atoms with Crippen molar-refractivity contribution in [1.82, 2.24) is 40.0 Å². The van der Waals surface area contributed by atoms with Crippen LogP contribution in [0.2, 0.25) is 0 Å². The zero-order chi connectivity index (χ0) is 21.7. The van der Waals surface area contributed by atoms with Gasteiger partial charge in [0.25, 0.3) is 0 Å². The molecule has 1 aliphatic heterocycles. The van der Waals surface area contributed by atoms with E-state index in [9.17, 15) is 4.39 Å². The normalized spacial score (nSPS) is 15.0. The summed E-state index contributed by atoms with van der Waals surface area (Å²) < 4.78 is 16.7. The quantitative estimate of drug-likeness (QED) is 0.403. The van der Waals surface area contributed by atoms with Gasteiger partial charge in [0.1, 0.15) is 16.9 Å². The average Bonchev–Trinajstić information content (AvgIpc) is 3.44. The fourth-order valence-electron chi connectivity index (χ4n) is 4.35. The third-order valence-corrected chi connectivity index (χ3v) is 5.94. The van der Waals surface area contributed by atoms with Gasteiger partial charge in [-0.1, -0.05) is 0 Å². The fourth-order valence-corrected chi connectivity index (χ4v) is 4.35. The van der Waals surface area contributed by atoms with E-state index in [0.29, 0.717) is 17.0 Å². The highest BCUT2D eigenvalue weighted by Crippen LogP contribution is 2.32. The molecule has 5 aromatic heterocycles. The number of anilines is 1. The Morgan fingerprint density at radius 3 is 2.81 bits per heavy atom. The van der Waals surface area contributed by atoms with E-state index in [1.807, 2.05) is 28.8 Å². The van der Waals surface area contributed by atoms with Crippen LogP contribution in [-0.4, -0.2) is 47.8 Å². The molecule has 32 heavy (non-hydrogen) atoms. The summed E-state index contributed by atoms with van der Waals surface area (Å²) in [5.74, 6) is -0.200. The molecule has 0 bridgehead atoms. The average molecular weight is 429 g/mol. The van der Waals surface area contributed by atoms with Gasteiger partial charge in [-0.3, -0.25) is 15.1 Å². The van der Waals surface area contributed by atoms with Crippen LogP contribution in [-0.2, 0) is 0 Å². The zero-order valence-electron chi connectivity index (χ0n) is 17.1. The number of nitrogen functional groups attached to an aromatic ring is 1. The molecule has 0 saturated carbocycles. The smallest absolute Gasteiger partial charge is 0.168 e. The first-order valence-corrected chi connectivity index (χ1v) is 10.5. The Bertz CT molecular complexity index is 1440. The second-order valence-electron chi connectivity index (χ2n) is 7.89. The van der Waals surface area contributed by atoms with Crippen LogP contribution in [0.25, 0.3) is 44.8 Å². The second-order valence-corrected chi connectivity index (χ2v) is 7.89. The molecule has 0 atom stereocenters. The summed E-state index contributed by atoms with van der Waals surface area (Å²) in [6.45, 7) is 1.78. The van der Waals surface area contributed by atoms with E-state index in [-0.39, 0.29) is 17.4 Å². The van der Waals surface area contributed by atoms with Crippen LogP contribution in [0.4, 0.5) is 10.2 Å². The maximum absolute atomic E-state index is 14.8. The molecule has 5 aromatic rings. The highest BCUT2D eigenvalue weighted by atomic mass is 19.1. The van der Waals surface area contributed by atoms with Gasteiger partial charge in [0.2, 0.25) is 0 Å². The molecule has 10 heteroatoms. The molecule has 4 N–H and O–H groups in total. The lowest BCUT2D eigenvalue weighted by Crippen LogP contribution is -2.29. The van der Waals surface area contributed by atoms with E-state index in [0.717, 1.165) is 48.2 Å². The van der Waals surface area contributed by atoms with Gasteiger partial charge in [0.15, 0.2) is 17.3 Å². The summed E-state index contributed by atoms with van der Waals surface area (Å²) >= 11 is 0. The van der Waals surface area contributed by atoms with E-state index >= 15 is 0 Å². The van der Waals surface area contributed by atoms with Gasteiger partial charge in [-0.25, -0.2) is 14.4 Å². The van der Waals surface area contributed by atoms with Crippen LogP contribution in [0.5, 0.6) is 0 Å². The Labute approximate surface area is 181 Å². The molecular formula is C22H20FN9. The number of hydrogen-bond donors (Lipinski definition) is 3. The Hall–Kier alpha value is -3.92. The molecule has 0 spiro atoms. The second kappa shape index (κ2) is 7.34. The molecule has 160 valence electrons. The number of H-pyrrole nitrogens is 1. The fraction of sp³-hybridized carbons (Fsp3) is 0.227. The lowest BCUT2D eigenvalue weighted by molar-refractivity contribution is 0.372. The monoisotopic (exact) mass is 429 g/mol. The third-order valence-electron chi connectivity index (χ3n) is 5.94. The summed E-state index contributed by atoms with van der Waals surface area (Å²) in [6, 6.07) is 7.59. The maximum Gasteiger partial charge on any atom is 0.168 e. The number of rotatable bonds is 3. The van der Waals surface area contributed by atoms with E-state index in [1.54, 1.807) is 12.4 Å². The molecular weight excluding hydrogens is 409 g/mol. The number of aromatic nitrogens is 7. The molecule has 0 aromatic carbocycles. The van der Waals surface area contributed by atoms with Crippen molar-refractivity contribution in [1.29, 1.82) is 0 Å². The number of piperidine rings is 1. The van der Waals surface area contributed by atoms with Crippen LogP contribution in [0.3, 0.4) is 0 Å². The summed E-state index contributed by atoms with van der Waals surface area (Å²) in [7, 11) is 0. The number of pyridine rings is 2. The summed E-state index contributed by atoms with van der Waals surface area (Å²) in [6.07, 6.45) is 6.73. The van der Waals surface area contributed by atoms with Crippen LogP contribution >= 0.6 is 0 Å². The van der Waals surface area contributed by atoms with E-state index < -0.39 is 5.82 Å². The number of nitrogens with one attached hydrogen (secondary N) is 2. The number of nitrogens with zero attached hydrogens (tertiary/aromatic N) is 6. The predicted molar refractivity (Wildman–Crippen MR) is 119 cm³/mol. The van der Waals surface area contributed by atoms with Gasteiger partial charge in [-0.2, -0.15) is 5.10 Å². The predicted octanol–water partition coefficient (Wildman–Crippen LogP) is 3.08. The molecule has 1 aliphatic rings. The SMILES string of the molecule is Nc1nc2c(nc1-c1cc(-c3ccnc4cccnc34)[nH]n1)c(F)cn2C1CCNCC1. The van der Waals surface area contributed by atoms with E-state index in [4.69, 9.17) is 5.73 Å². The van der Waals surface area contributed by atoms with Crippen molar-refractivity contribution in [2.75, 3.05) is 18.8 Å². The summed E-state index contributed by atoms with van der Waals surface area (Å²) in [5, 5.41) is 10.7. The van der Waals surface area contributed by atoms with Gasteiger partial charge < -0.3 is 15.6 Å². The van der Waals surface area contributed by atoms with Gasteiger partial charge in [-0.15, -0.1) is 0 Å². The lowest BCUT2D eigenvalue weighted by Gasteiger charge is -2.24. The molecule has 9 nitrogen and oxygen atoms in total. The maximum atomic E-state index is 14.8. The van der Waals surface area contributed by atoms with Gasteiger partial charge in [0, 0.05) is 30.2 Å². The standard InChI is InChI=1S/C22H20FN9/c23-14-11-32(12-3-7-25-8-4-12)22-19(14)28-20(21(24)29-22)17-10-16(30-31-17)13-5-9-26-15-2-1-6-27-18(13)15/h1-2,5-6,9-12,25H,3-4,7-8H2,(H2,24,29)(H,30,31). The summed E-state index contributed by atoms with van der Waals surface area (Å²) in [5.41, 5.74) is 10.9. The Balaban J connectivity index is 1.43. The molecule has 0 unspecified atom stereocenters.